The van der Waals surface area contributed by atoms with Gasteiger partial charge in [0.1, 0.15) is 17.1 Å². The molecule has 0 unspecified atom stereocenters. The zero-order valence-corrected chi connectivity index (χ0v) is 17.7. The smallest absolute Gasteiger partial charge is 0.269 e. The van der Waals surface area contributed by atoms with Crippen LogP contribution in [0.5, 0.6) is 11.5 Å². The summed E-state index contributed by atoms with van der Waals surface area (Å²) >= 11 is 0. The van der Waals surface area contributed by atoms with Gasteiger partial charge in [-0.1, -0.05) is 18.9 Å². The number of hydrogen-bond acceptors (Lipinski definition) is 4. The lowest BCUT2D eigenvalue weighted by atomic mass is 9.53. The highest BCUT2D eigenvalue weighted by molar-refractivity contribution is 5.44. The largest absolute Gasteiger partial charge is 0.457 e. The number of fused-ring (bicyclic) bond motifs is 5. The van der Waals surface area contributed by atoms with Crippen molar-refractivity contribution in [3.63, 3.8) is 0 Å². The number of nitro groups is 1. The number of terminal acetylenes is 1. The predicted molar refractivity (Wildman–Crippen MR) is 118 cm³/mol. The van der Waals surface area contributed by atoms with E-state index in [2.05, 4.69) is 25.0 Å². The lowest BCUT2D eigenvalue weighted by Gasteiger charge is -2.52. The summed E-state index contributed by atoms with van der Waals surface area (Å²) in [5.74, 6) is 5.63. The Morgan fingerprint density at radius 2 is 1.87 bits per heavy atom. The Balaban J connectivity index is 1.37. The van der Waals surface area contributed by atoms with E-state index in [1.54, 1.807) is 12.1 Å². The second kappa shape index (κ2) is 7.10. The molecule has 2 fully saturated rings. The van der Waals surface area contributed by atoms with Crippen LogP contribution in [0.2, 0.25) is 0 Å². The summed E-state index contributed by atoms with van der Waals surface area (Å²) in [6.07, 6.45) is 11.6. The zero-order valence-electron chi connectivity index (χ0n) is 17.7. The van der Waals surface area contributed by atoms with E-state index in [9.17, 15) is 15.2 Å². The third kappa shape index (κ3) is 3.04. The molecule has 31 heavy (non-hydrogen) atoms. The Kier molecular flexibility index (Phi) is 4.60. The van der Waals surface area contributed by atoms with Crippen molar-refractivity contribution >= 4 is 5.69 Å². The fourth-order valence-electron chi connectivity index (χ4n) is 6.65. The molecule has 2 aromatic carbocycles. The molecule has 0 saturated heterocycles. The van der Waals surface area contributed by atoms with Crippen molar-refractivity contribution in [1.82, 2.24) is 0 Å². The quantitative estimate of drug-likeness (QED) is 0.400. The van der Waals surface area contributed by atoms with Gasteiger partial charge in [0.25, 0.3) is 5.69 Å². The molecule has 1 N–H and O–H groups in total. The van der Waals surface area contributed by atoms with E-state index >= 15 is 0 Å². The van der Waals surface area contributed by atoms with Crippen LogP contribution in [-0.2, 0) is 6.42 Å². The first kappa shape index (κ1) is 20.1. The zero-order chi connectivity index (χ0) is 21.8. The van der Waals surface area contributed by atoms with Crippen LogP contribution in [0.25, 0.3) is 0 Å². The topological polar surface area (TPSA) is 72.6 Å². The highest BCUT2D eigenvalue weighted by Gasteiger charge is 2.61. The molecule has 0 amide bonds. The molecule has 5 atom stereocenters. The van der Waals surface area contributed by atoms with Gasteiger partial charge in [-0.05, 0) is 91.7 Å². The number of rotatable bonds is 3. The van der Waals surface area contributed by atoms with Crippen LogP contribution in [0, 0.1) is 39.7 Å². The summed E-state index contributed by atoms with van der Waals surface area (Å²) in [6, 6.07) is 12.5. The molecule has 0 spiro atoms. The van der Waals surface area contributed by atoms with Gasteiger partial charge in [0, 0.05) is 17.5 Å². The molecule has 0 aromatic heterocycles. The predicted octanol–water partition coefficient (Wildman–Crippen LogP) is 5.61. The van der Waals surface area contributed by atoms with Gasteiger partial charge < -0.3 is 9.84 Å². The molecule has 2 saturated carbocycles. The first-order chi connectivity index (χ1) is 14.8. The molecular weight excluding hydrogens is 390 g/mol. The maximum Gasteiger partial charge on any atom is 0.269 e. The molecule has 2 aromatic rings. The third-order valence-electron chi connectivity index (χ3n) is 8.37. The Morgan fingerprint density at radius 3 is 2.58 bits per heavy atom. The summed E-state index contributed by atoms with van der Waals surface area (Å²) in [7, 11) is 0. The molecule has 5 heteroatoms. The summed E-state index contributed by atoms with van der Waals surface area (Å²) in [5, 5.41) is 21.9. The van der Waals surface area contributed by atoms with Crippen LogP contribution in [0.4, 0.5) is 5.69 Å². The second-order valence-electron chi connectivity index (χ2n) is 9.63. The van der Waals surface area contributed by atoms with E-state index in [0.717, 1.165) is 37.9 Å². The van der Waals surface area contributed by atoms with Crippen LogP contribution < -0.4 is 4.74 Å². The van der Waals surface area contributed by atoms with Crippen molar-refractivity contribution in [2.75, 3.05) is 0 Å². The van der Waals surface area contributed by atoms with E-state index < -0.39 is 10.5 Å². The molecule has 0 heterocycles. The minimum absolute atomic E-state index is 0.0526. The number of nitro benzene ring substituents is 1. The molecule has 5 nitrogen and oxygen atoms in total. The second-order valence-corrected chi connectivity index (χ2v) is 9.63. The molecule has 160 valence electrons. The van der Waals surface area contributed by atoms with Crippen molar-refractivity contribution in [2.24, 2.45) is 17.3 Å². The van der Waals surface area contributed by atoms with Crippen molar-refractivity contribution in [3.05, 3.63) is 63.7 Å². The van der Waals surface area contributed by atoms with Gasteiger partial charge in [0.05, 0.1) is 4.92 Å². The number of ether oxygens (including phenoxy) is 1. The summed E-state index contributed by atoms with van der Waals surface area (Å²) in [4.78, 5) is 10.4. The molecule has 5 rings (SSSR count). The molecule has 0 radical (unpaired) electrons. The van der Waals surface area contributed by atoms with Crippen molar-refractivity contribution in [1.29, 1.82) is 0 Å². The minimum Gasteiger partial charge on any atom is -0.457 e. The van der Waals surface area contributed by atoms with E-state index in [1.165, 1.54) is 23.3 Å². The average molecular weight is 418 g/mol. The molecular formula is C26H27NO4. The first-order valence-electron chi connectivity index (χ1n) is 11.1. The lowest BCUT2D eigenvalue weighted by Crippen LogP contribution is -2.50. The standard InChI is InChI=1S/C26H27NO4/c1-3-26(28)15-13-24-23-10-4-17-16-20(31-19-7-5-18(6-8-19)27(29)30)9-11-21(17)22(23)12-14-25(24,26)2/h1,5-9,11,16,22-24,28H,4,10,12-15H2,2H3/t22-,23+,24-,25-,26-/m0/s1. The van der Waals surface area contributed by atoms with Crippen LogP contribution in [0.15, 0.2) is 42.5 Å². The molecule has 3 aliphatic carbocycles. The van der Waals surface area contributed by atoms with Crippen LogP contribution >= 0.6 is 0 Å². The fourth-order valence-corrected chi connectivity index (χ4v) is 6.65. The van der Waals surface area contributed by atoms with Crippen molar-refractivity contribution < 1.29 is 14.8 Å². The number of hydrogen-bond donors (Lipinski definition) is 1. The van der Waals surface area contributed by atoms with E-state index in [0.29, 0.717) is 29.9 Å². The Labute approximate surface area is 182 Å². The fraction of sp³-hybridized carbons (Fsp3) is 0.462. The van der Waals surface area contributed by atoms with Gasteiger partial charge >= 0.3 is 0 Å². The summed E-state index contributed by atoms with van der Waals surface area (Å²) in [6.45, 7) is 2.21. The van der Waals surface area contributed by atoms with Crippen LogP contribution in [-0.4, -0.2) is 15.6 Å². The van der Waals surface area contributed by atoms with E-state index in [4.69, 9.17) is 11.2 Å². The van der Waals surface area contributed by atoms with Gasteiger partial charge in [0.2, 0.25) is 0 Å². The third-order valence-corrected chi connectivity index (χ3v) is 8.37. The molecule has 0 aliphatic heterocycles. The maximum atomic E-state index is 11.1. The average Bonchev–Trinajstić information content (AvgIpc) is 3.05. The SMILES string of the molecule is C#C[C@]1(O)CC[C@H]2[C@@H]3CCc4cc(Oc5ccc([N+](=O)[O-])cc5)ccc4[C@@H]3CC[C@@]21C. The van der Waals surface area contributed by atoms with Gasteiger partial charge in [-0.3, -0.25) is 10.1 Å². The highest BCUT2D eigenvalue weighted by atomic mass is 16.6. The normalized spacial score (nSPS) is 33.5. The highest BCUT2D eigenvalue weighted by Crippen LogP contribution is 2.64. The lowest BCUT2D eigenvalue weighted by molar-refractivity contribution is -0.384. The van der Waals surface area contributed by atoms with E-state index in [1.807, 2.05) is 6.07 Å². The number of aryl methyl sites for hydroxylation is 1. The number of benzene rings is 2. The Hall–Kier alpha value is -2.84. The Bertz CT molecular complexity index is 1070. The Morgan fingerprint density at radius 1 is 1.13 bits per heavy atom. The van der Waals surface area contributed by atoms with Crippen molar-refractivity contribution in [3.8, 4) is 23.8 Å². The molecule has 0 bridgehead atoms. The van der Waals surface area contributed by atoms with Gasteiger partial charge in [-0.15, -0.1) is 6.42 Å². The maximum absolute atomic E-state index is 11.1. The summed E-state index contributed by atoms with van der Waals surface area (Å²) < 4.78 is 5.96. The van der Waals surface area contributed by atoms with Gasteiger partial charge in [-0.2, -0.15) is 0 Å². The summed E-state index contributed by atoms with van der Waals surface area (Å²) in [5.41, 5.74) is 1.64. The number of nitrogens with zero attached hydrogens (tertiary/aromatic N) is 1. The van der Waals surface area contributed by atoms with Gasteiger partial charge in [-0.25, -0.2) is 0 Å². The minimum atomic E-state index is -0.967. The van der Waals surface area contributed by atoms with E-state index in [-0.39, 0.29) is 11.1 Å². The van der Waals surface area contributed by atoms with Gasteiger partial charge in [0.15, 0.2) is 0 Å². The van der Waals surface area contributed by atoms with Crippen LogP contribution in [0.1, 0.15) is 56.1 Å². The monoisotopic (exact) mass is 417 g/mol. The van der Waals surface area contributed by atoms with Crippen LogP contribution in [0.3, 0.4) is 0 Å². The van der Waals surface area contributed by atoms with Crippen molar-refractivity contribution in [2.45, 2.75) is 57.0 Å². The molecule has 3 aliphatic rings. The number of non-ortho nitro benzene ring substituents is 1. The number of aliphatic hydroxyl groups is 1. The first-order valence-corrected chi connectivity index (χ1v) is 11.1.